The number of rotatable bonds is 8. The van der Waals surface area contributed by atoms with Crippen molar-refractivity contribution in [1.29, 1.82) is 0 Å². The molecular formula is C13H14F10O5. The first kappa shape index (κ1) is 26.2. The molecule has 3 atom stereocenters. The molecule has 0 heterocycles. The Morgan fingerprint density at radius 2 is 1.46 bits per heavy atom. The number of esters is 2. The Balaban J connectivity index is 5.76. The van der Waals surface area contributed by atoms with E-state index in [0.29, 0.717) is 0 Å². The normalized spacial score (nSPS) is 17.6. The van der Waals surface area contributed by atoms with Gasteiger partial charge in [-0.05, 0) is 6.42 Å². The Morgan fingerprint density at radius 1 is 1.00 bits per heavy atom. The topological polar surface area (TPSA) is 72.8 Å². The molecule has 166 valence electrons. The number of halogens is 10. The lowest BCUT2D eigenvalue weighted by Crippen LogP contribution is -2.70. The molecule has 0 saturated carbocycles. The SMILES string of the molecule is CCC(C)C(=O)OCC(=O)OC(C(F)(F)F)C(F)(F)C(O)(C(F)F)C(F)(F)F. The van der Waals surface area contributed by atoms with E-state index in [0.717, 1.165) is 0 Å². The van der Waals surface area contributed by atoms with Crippen molar-refractivity contribution >= 4 is 11.9 Å². The molecule has 15 heteroatoms. The van der Waals surface area contributed by atoms with Crippen LogP contribution in [0.3, 0.4) is 0 Å². The van der Waals surface area contributed by atoms with Crippen molar-refractivity contribution in [2.24, 2.45) is 5.92 Å². The molecule has 0 aliphatic heterocycles. The highest BCUT2D eigenvalue weighted by molar-refractivity contribution is 5.77. The van der Waals surface area contributed by atoms with E-state index in [-0.39, 0.29) is 6.42 Å². The third-order valence-corrected chi connectivity index (χ3v) is 3.48. The number of ether oxygens (including phenoxy) is 2. The quantitative estimate of drug-likeness (QED) is 0.464. The van der Waals surface area contributed by atoms with Crippen LogP contribution in [0.25, 0.3) is 0 Å². The largest absolute Gasteiger partial charge is 0.453 e. The Morgan fingerprint density at radius 3 is 1.79 bits per heavy atom. The fraction of sp³-hybridized carbons (Fsp3) is 0.846. The summed E-state index contributed by atoms with van der Waals surface area (Å²) >= 11 is 0. The van der Waals surface area contributed by atoms with Crippen molar-refractivity contribution in [3.63, 3.8) is 0 Å². The molecule has 0 saturated heterocycles. The summed E-state index contributed by atoms with van der Waals surface area (Å²) in [5.41, 5.74) is -6.49. The van der Waals surface area contributed by atoms with Gasteiger partial charge in [0.05, 0.1) is 5.92 Å². The van der Waals surface area contributed by atoms with E-state index in [9.17, 15) is 53.5 Å². The van der Waals surface area contributed by atoms with Crippen LogP contribution in [0.4, 0.5) is 43.9 Å². The number of carbonyl (C=O) groups excluding carboxylic acids is 2. The smallest absolute Gasteiger partial charge is 0.431 e. The van der Waals surface area contributed by atoms with E-state index in [1.54, 1.807) is 0 Å². The minimum Gasteiger partial charge on any atom is -0.453 e. The summed E-state index contributed by atoms with van der Waals surface area (Å²) in [6.45, 7) is 1.00. The summed E-state index contributed by atoms with van der Waals surface area (Å²) in [7, 11) is 0. The van der Waals surface area contributed by atoms with Gasteiger partial charge in [-0.25, -0.2) is 13.6 Å². The summed E-state index contributed by atoms with van der Waals surface area (Å²) in [6.07, 6.45) is -23.9. The zero-order chi connectivity index (χ0) is 22.7. The molecule has 0 spiro atoms. The maximum Gasteiger partial charge on any atom is 0.431 e. The average Bonchev–Trinajstić information content (AvgIpc) is 2.53. The fourth-order valence-corrected chi connectivity index (χ4v) is 1.61. The summed E-state index contributed by atoms with van der Waals surface area (Å²) in [6, 6.07) is 0. The first-order valence-corrected chi connectivity index (χ1v) is 7.21. The van der Waals surface area contributed by atoms with Gasteiger partial charge < -0.3 is 14.6 Å². The van der Waals surface area contributed by atoms with Crippen LogP contribution in [0.2, 0.25) is 0 Å². The van der Waals surface area contributed by atoms with Gasteiger partial charge in [0.1, 0.15) is 0 Å². The second kappa shape index (κ2) is 8.69. The summed E-state index contributed by atoms with van der Waals surface area (Å²) in [4.78, 5) is 22.5. The second-order valence-corrected chi connectivity index (χ2v) is 5.52. The van der Waals surface area contributed by atoms with E-state index in [1.807, 2.05) is 0 Å². The maximum absolute atomic E-state index is 13.8. The maximum atomic E-state index is 13.8. The molecule has 0 radical (unpaired) electrons. The van der Waals surface area contributed by atoms with Crippen LogP contribution in [0, 0.1) is 5.92 Å². The molecule has 0 bridgehead atoms. The summed E-state index contributed by atoms with van der Waals surface area (Å²) in [5.74, 6) is -11.2. The highest BCUT2D eigenvalue weighted by atomic mass is 19.4. The third-order valence-electron chi connectivity index (χ3n) is 3.48. The van der Waals surface area contributed by atoms with Crippen LogP contribution in [0.1, 0.15) is 20.3 Å². The zero-order valence-electron chi connectivity index (χ0n) is 14.0. The van der Waals surface area contributed by atoms with Crippen molar-refractivity contribution in [1.82, 2.24) is 0 Å². The molecule has 0 aromatic carbocycles. The van der Waals surface area contributed by atoms with Gasteiger partial charge in [-0.15, -0.1) is 0 Å². The average molecular weight is 440 g/mol. The fourth-order valence-electron chi connectivity index (χ4n) is 1.61. The van der Waals surface area contributed by atoms with Gasteiger partial charge in [-0.1, -0.05) is 13.8 Å². The molecular weight excluding hydrogens is 426 g/mol. The Hall–Kier alpha value is -1.80. The number of hydrogen-bond acceptors (Lipinski definition) is 5. The highest BCUT2D eigenvalue weighted by Crippen LogP contribution is 2.51. The molecule has 28 heavy (non-hydrogen) atoms. The first-order valence-electron chi connectivity index (χ1n) is 7.21. The molecule has 0 aliphatic carbocycles. The minimum absolute atomic E-state index is 0.143. The van der Waals surface area contributed by atoms with Gasteiger partial charge in [-0.3, -0.25) is 4.79 Å². The van der Waals surface area contributed by atoms with Gasteiger partial charge in [-0.2, -0.15) is 35.1 Å². The van der Waals surface area contributed by atoms with Crippen molar-refractivity contribution < 1.29 is 68.1 Å². The number of alkyl halides is 10. The predicted octanol–water partition coefficient (Wildman–Crippen LogP) is 3.24. The van der Waals surface area contributed by atoms with E-state index in [1.165, 1.54) is 13.8 Å². The van der Waals surface area contributed by atoms with E-state index >= 15 is 0 Å². The van der Waals surface area contributed by atoms with Crippen molar-refractivity contribution in [3.05, 3.63) is 0 Å². The van der Waals surface area contributed by atoms with Crippen LogP contribution in [0.15, 0.2) is 0 Å². The molecule has 0 amide bonds. The predicted molar refractivity (Wildman–Crippen MR) is 68.3 cm³/mol. The minimum atomic E-state index is -6.94. The summed E-state index contributed by atoms with van der Waals surface area (Å²) in [5, 5.41) is 8.72. The molecule has 3 unspecified atom stereocenters. The van der Waals surface area contributed by atoms with E-state index < -0.39 is 60.9 Å². The van der Waals surface area contributed by atoms with E-state index in [4.69, 9.17) is 5.11 Å². The molecule has 1 N–H and O–H groups in total. The molecule has 0 aromatic heterocycles. The Labute approximate surface area is 150 Å². The Kier molecular flexibility index (Phi) is 8.14. The first-order chi connectivity index (χ1) is 12.3. The lowest BCUT2D eigenvalue weighted by atomic mass is 9.90. The van der Waals surface area contributed by atoms with Crippen LogP contribution in [-0.4, -0.2) is 60.1 Å². The van der Waals surface area contributed by atoms with Crippen LogP contribution >= 0.6 is 0 Å². The van der Waals surface area contributed by atoms with E-state index in [2.05, 4.69) is 9.47 Å². The zero-order valence-corrected chi connectivity index (χ0v) is 14.0. The summed E-state index contributed by atoms with van der Waals surface area (Å²) < 4.78 is 136. The molecule has 0 fully saturated rings. The molecule has 5 nitrogen and oxygen atoms in total. The van der Waals surface area contributed by atoms with Crippen molar-refractivity contribution in [2.45, 2.75) is 56.7 Å². The lowest BCUT2D eigenvalue weighted by molar-refractivity contribution is -0.401. The van der Waals surface area contributed by atoms with Crippen molar-refractivity contribution in [3.8, 4) is 0 Å². The molecule has 0 rings (SSSR count). The van der Waals surface area contributed by atoms with Crippen LogP contribution in [0.5, 0.6) is 0 Å². The van der Waals surface area contributed by atoms with Gasteiger partial charge in [0.25, 0.3) is 18.1 Å². The number of hydrogen-bond donors (Lipinski definition) is 1. The van der Waals surface area contributed by atoms with Crippen LogP contribution in [-0.2, 0) is 19.1 Å². The second-order valence-electron chi connectivity index (χ2n) is 5.52. The Bertz CT molecular complexity index is 559. The number of aliphatic hydroxyl groups is 1. The lowest BCUT2D eigenvalue weighted by Gasteiger charge is -2.40. The molecule has 0 aromatic rings. The van der Waals surface area contributed by atoms with Crippen molar-refractivity contribution in [2.75, 3.05) is 6.61 Å². The number of carbonyl (C=O) groups is 2. The third kappa shape index (κ3) is 5.38. The van der Waals surface area contributed by atoms with Gasteiger partial charge in [0, 0.05) is 0 Å². The van der Waals surface area contributed by atoms with Gasteiger partial charge in [0.15, 0.2) is 6.61 Å². The van der Waals surface area contributed by atoms with Crippen LogP contribution < -0.4 is 0 Å². The van der Waals surface area contributed by atoms with Gasteiger partial charge in [0.2, 0.25) is 0 Å². The molecule has 0 aliphatic rings. The monoisotopic (exact) mass is 440 g/mol. The highest BCUT2D eigenvalue weighted by Gasteiger charge is 2.81. The standard InChI is InChI=1S/C13H14F10O5/c1-3-5(2)7(25)27-4-6(24)28-8(12(18,19)20)11(16,17)10(26,9(14)15)13(21,22)23/h5,8-9,26H,3-4H2,1-2H3. The van der Waals surface area contributed by atoms with Gasteiger partial charge >= 0.3 is 30.2 Å².